The van der Waals surface area contributed by atoms with Gasteiger partial charge in [-0.3, -0.25) is 9.36 Å². The normalized spacial score (nSPS) is 11.1. The number of carbonyl (C=O) groups excluding carboxylic acids is 1. The lowest BCUT2D eigenvalue weighted by Crippen LogP contribution is -2.16. The zero-order valence-corrected chi connectivity index (χ0v) is 20.3. The summed E-state index contributed by atoms with van der Waals surface area (Å²) in [5.74, 6) is 2.62. The standard InChI is InChI=1S/C26H28N4O3S/c1-18(2)22-8-4-5-9-23(22)27-25(31)17-34-26-29-28-24(30(26)15-21-7-6-14-32-21)16-33-20-12-10-19(3)11-13-20/h4-14,18H,15-17H2,1-3H3,(H,27,31). The molecule has 0 bridgehead atoms. The fourth-order valence-electron chi connectivity index (χ4n) is 3.46. The Morgan fingerprint density at radius 1 is 1.09 bits per heavy atom. The lowest BCUT2D eigenvalue weighted by Gasteiger charge is -2.13. The van der Waals surface area contributed by atoms with E-state index in [-0.39, 0.29) is 18.3 Å². The molecular formula is C26H28N4O3S. The van der Waals surface area contributed by atoms with E-state index in [9.17, 15) is 4.79 Å². The van der Waals surface area contributed by atoms with Gasteiger partial charge in [0.05, 0.1) is 18.6 Å². The molecule has 4 aromatic rings. The highest BCUT2D eigenvalue weighted by Crippen LogP contribution is 2.25. The van der Waals surface area contributed by atoms with Gasteiger partial charge in [0, 0.05) is 5.69 Å². The van der Waals surface area contributed by atoms with Crippen LogP contribution >= 0.6 is 11.8 Å². The minimum Gasteiger partial charge on any atom is -0.486 e. The Kier molecular flexibility index (Phi) is 7.69. The molecule has 0 spiro atoms. The van der Waals surface area contributed by atoms with Crippen LogP contribution in [0.2, 0.25) is 0 Å². The van der Waals surface area contributed by atoms with E-state index in [1.165, 1.54) is 17.3 Å². The maximum atomic E-state index is 12.7. The van der Waals surface area contributed by atoms with Crippen LogP contribution in [-0.4, -0.2) is 26.4 Å². The van der Waals surface area contributed by atoms with Crippen LogP contribution in [0.5, 0.6) is 5.75 Å². The van der Waals surface area contributed by atoms with Crippen LogP contribution < -0.4 is 10.1 Å². The number of nitrogens with zero attached hydrogens (tertiary/aromatic N) is 3. The van der Waals surface area contributed by atoms with Gasteiger partial charge in [-0.25, -0.2) is 0 Å². The fraction of sp³-hybridized carbons (Fsp3) is 0.269. The van der Waals surface area contributed by atoms with Crippen molar-refractivity contribution in [1.82, 2.24) is 14.8 Å². The number of thioether (sulfide) groups is 1. The Labute approximate surface area is 203 Å². The second-order valence-corrected chi connectivity index (χ2v) is 9.19. The predicted octanol–water partition coefficient (Wildman–Crippen LogP) is 5.66. The number of aromatic nitrogens is 3. The number of hydrogen-bond donors (Lipinski definition) is 1. The van der Waals surface area contributed by atoms with Crippen LogP contribution in [0.4, 0.5) is 5.69 Å². The SMILES string of the molecule is Cc1ccc(OCc2nnc(SCC(=O)Nc3ccccc3C(C)C)n2Cc2ccco2)cc1. The highest BCUT2D eigenvalue weighted by molar-refractivity contribution is 7.99. The molecule has 176 valence electrons. The Balaban J connectivity index is 1.45. The first-order valence-corrected chi connectivity index (χ1v) is 12.1. The monoisotopic (exact) mass is 476 g/mol. The van der Waals surface area contributed by atoms with Crippen LogP contribution in [0.1, 0.15) is 42.5 Å². The first-order chi connectivity index (χ1) is 16.5. The van der Waals surface area contributed by atoms with Gasteiger partial charge in [0.15, 0.2) is 11.0 Å². The molecule has 34 heavy (non-hydrogen) atoms. The van der Waals surface area contributed by atoms with Gasteiger partial charge in [0.2, 0.25) is 5.91 Å². The molecule has 0 radical (unpaired) electrons. The summed E-state index contributed by atoms with van der Waals surface area (Å²) >= 11 is 1.34. The third-order valence-corrected chi connectivity index (χ3v) is 6.23. The Morgan fingerprint density at radius 2 is 1.88 bits per heavy atom. The van der Waals surface area contributed by atoms with E-state index in [4.69, 9.17) is 9.15 Å². The number of carbonyl (C=O) groups is 1. The summed E-state index contributed by atoms with van der Waals surface area (Å²) in [5.41, 5.74) is 3.12. The second-order valence-electron chi connectivity index (χ2n) is 8.24. The molecule has 1 amide bonds. The van der Waals surface area contributed by atoms with E-state index in [0.717, 1.165) is 22.8 Å². The zero-order chi connectivity index (χ0) is 23.9. The molecule has 2 aromatic heterocycles. The smallest absolute Gasteiger partial charge is 0.234 e. The van der Waals surface area contributed by atoms with Crippen molar-refractivity contribution in [2.45, 2.75) is 45.0 Å². The average Bonchev–Trinajstić information content (AvgIpc) is 3.48. The van der Waals surface area contributed by atoms with Gasteiger partial charge in [0.1, 0.15) is 18.1 Å². The van der Waals surface area contributed by atoms with Crippen LogP contribution in [0, 0.1) is 6.92 Å². The fourth-order valence-corrected chi connectivity index (χ4v) is 4.22. The molecule has 2 aromatic carbocycles. The van der Waals surface area contributed by atoms with Crippen LogP contribution in [0.3, 0.4) is 0 Å². The summed E-state index contributed by atoms with van der Waals surface area (Å²) in [6.45, 7) is 6.96. The number of hydrogen-bond acceptors (Lipinski definition) is 6. The van der Waals surface area contributed by atoms with Crippen molar-refractivity contribution in [1.29, 1.82) is 0 Å². The topological polar surface area (TPSA) is 82.2 Å². The third kappa shape index (κ3) is 6.08. The van der Waals surface area contributed by atoms with Crippen molar-refractivity contribution < 1.29 is 13.9 Å². The highest BCUT2D eigenvalue weighted by Gasteiger charge is 2.17. The maximum absolute atomic E-state index is 12.7. The van der Waals surface area contributed by atoms with E-state index in [0.29, 0.717) is 23.4 Å². The van der Waals surface area contributed by atoms with Crippen molar-refractivity contribution in [2.75, 3.05) is 11.1 Å². The van der Waals surface area contributed by atoms with Crippen LogP contribution in [0.15, 0.2) is 76.5 Å². The summed E-state index contributed by atoms with van der Waals surface area (Å²) < 4.78 is 13.4. The summed E-state index contributed by atoms with van der Waals surface area (Å²) in [6, 6.07) is 19.5. The number of amides is 1. The average molecular weight is 477 g/mol. The Hall–Kier alpha value is -3.52. The molecule has 0 aliphatic rings. The van der Waals surface area contributed by atoms with Crippen molar-refractivity contribution in [3.8, 4) is 5.75 Å². The Morgan fingerprint density at radius 3 is 2.62 bits per heavy atom. The molecule has 8 heteroatoms. The van der Waals surface area contributed by atoms with Crippen LogP contribution in [-0.2, 0) is 17.9 Å². The number of rotatable bonds is 10. The molecule has 7 nitrogen and oxygen atoms in total. The summed E-state index contributed by atoms with van der Waals surface area (Å²) in [5, 5.41) is 12.3. The summed E-state index contributed by atoms with van der Waals surface area (Å²) in [4.78, 5) is 12.7. The minimum absolute atomic E-state index is 0.0943. The molecule has 2 heterocycles. The molecule has 0 saturated carbocycles. The van der Waals surface area contributed by atoms with Crippen molar-refractivity contribution in [3.63, 3.8) is 0 Å². The maximum Gasteiger partial charge on any atom is 0.234 e. The molecule has 0 atom stereocenters. The molecule has 0 saturated heterocycles. The lowest BCUT2D eigenvalue weighted by atomic mass is 10.0. The van der Waals surface area contributed by atoms with Crippen molar-refractivity contribution in [2.24, 2.45) is 0 Å². The quantitative estimate of drug-likeness (QED) is 0.297. The molecule has 0 aliphatic carbocycles. The van der Waals surface area contributed by atoms with Gasteiger partial charge in [-0.2, -0.15) is 0 Å². The number of nitrogens with one attached hydrogen (secondary N) is 1. The first-order valence-electron chi connectivity index (χ1n) is 11.1. The van der Waals surface area contributed by atoms with Crippen molar-refractivity contribution in [3.05, 3.63) is 89.6 Å². The second kappa shape index (κ2) is 11.1. The lowest BCUT2D eigenvalue weighted by molar-refractivity contribution is -0.113. The largest absolute Gasteiger partial charge is 0.486 e. The van der Waals surface area contributed by atoms with E-state index >= 15 is 0 Å². The number of para-hydroxylation sites is 1. The zero-order valence-electron chi connectivity index (χ0n) is 19.5. The van der Waals surface area contributed by atoms with Gasteiger partial charge in [-0.1, -0.05) is 61.5 Å². The van der Waals surface area contributed by atoms with E-state index in [2.05, 4.69) is 29.4 Å². The van der Waals surface area contributed by atoms with E-state index in [1.807, 2.05) is 72.2 Å². The van der Waals surface area contributed by atoms with E-state index in [1.54, 1.807) is 6.26 Å². The molecule has 0 fully saturated rings. The number of aryl methyl sites for hydroxylation is 1. The molecule has 0 unspecified atom stereocenters. The Bertz CT molecular complexity index is 1220. The number of ether oxygens (including phenoxy) is 1. The van der Waals surface area contributed by atoms with Crippen LogP contribution in [0.25, 0.3) is 0 Å². The predicted molar refractivity (Wildman–Crippen MR) is 133 cm³/mol. The number of anilines is 1. The van der Waals surface area contributed by atoms with Gasteiger partial charge in [-0.15, -0.1) is 10.2 Å². The highest BCUT2D eigenvalue weighted by atomic mass is 32.2. The van der Waals surface area contributed by atoms with Gasteiger partial charge < -0.3 is 14.5 Å². The van der Waals surface area contributed by atoms with E-state index < -0.39 is 0 Å². The summed E-state index contributed by atoms with van der Waals surface area (Å²) in [7, 11) is 0. The number of benzene rings is 2. The minimum atomic E-state index is -0.0943. The summed E-state index contributed by atoms with van der Waals surface area (Å²) in [6.07, 6.45) is 1.63. The van der Waals surface area contributed by atoms with Gasteiger partial charge >= 0.3 is 0 Å². The molecule has 0 aliphatic heterocycles. The van der Waals surface area contributed by atoms with Gasteiger partial charge in [-0.05, 0) is 48.7 Å². The third-order valence-electron chi connectivity index (χ3n) is 5.27. The molecule has 4 rings (SSSR count). The number of furan rings is 1. The van der Waals surface area contributed by atoms with Gasteiger partial charge in [0.25, 0.3) is 0 Å². The first kappa shape index (κ1) is 23.6. The van der Waals surface area contributed by atoms with Crippen molar-refractivity contribution >= 4 is 23.4 Å². The molecular weight excluding hydrogens is 448 g/mol. The molecule has 1 N–H and O–H groups in total.